The topological polar surface area (TPSA) is 17.1 Å². The van der Waals surface area contributed by atoms with Crippen LogP contribution < -0.4 is 0 Å². The highest BCUT2D eigenvalue weighted by atomic mass is 35.5. The summed E-state index contributed by atoms with van der Waals surface area (Å²) >= 11 is 11.9. The zero-order valence-corrected chi connectivity index (χ0v) is 10.2. The Hall–Kier alpha value is -0.530. The summed E-state index contributed by atoms with van der Waals surface area (Å²) in [6, 6.07) is 5.25. The molecular weight excluding hydrogens is 231 g/mol. The van der Waals surface area contributed by atoms with Crippen LogP contribution in [-0.4, -0.2) is 6.29 Å². The van der Waals surface area contributed by atoms with Gasteiger partial charge in [0, 0.05) is 16.0 Å². The molecule has 0 N–H and O–H groups in total. The summed E-state index contributed by atoms with van der Waals surface area (Å²) in [5, 5.41) is 1.24. The van der Waals surface area contributed by atoms with Gasteiger partial charge < -0.3 is 4.79 Å². The zero-order chi connectivity index (χ0) is 11.3. The molecule has 0 heterocycles. The van der Waals surface area contributed by atoms with Crippen molar-refractivity contribution >= 4 is 29.5 Å². The van der Waals surface area contributed by atoms with Crippen LogP contribution in [-0.2, 0) is 4.79 Å². The molecule has 15 heavy (non-hydrogen) atoms. The molecule has 1 aromatic rings. The first kappa shape index (κ1) is 12.5. The average Bonchev–Trinajstić information content (AvgIpc) is 2.24. The lowest BCUT2D eigenvalue weighted by Crippen LogP contribution is -2.01. The van der Waals surface area contributed by atoms with Gasteiger partial charge in [-0.15, -0.1) is 0 Å². The van der Waals surface area contributed by atoms with Crippen LogP contribution in [0, 0.1) is 0 Å². The van der Waals surface area contributed by atoms with Crippen LogP contribution in [0.25, 0.3) is 0 Å². The molecule has 0 amide bonds. The second-order valence-corrected chi connectivity index (χ2v) is 4.39. The van der Waals surface area contributed by atoms with Gasteiger partial charge in [-0.3, -0.25) is 0 Å². The minimum absolute atomic E-state index is 0.129. The smallest absolute Gasteiger partial charge is 0.127 e. The Labute approximate surface area is 100 Å². The van der Waals surface area contributed by atoms with E-state index < -0.39 is 0 Å². The van der Waals surface area contributed by atoms with Crippen LogP contribution in [0.15, 0.2) is 18.2 Å². The van der Waals surface area contributed by atoms with Gasteiger partial charge in [0.15, 0.2) is 0 Å². The predicted octanol–water partition coefficient (Wildman–Crippen LogP) is 4.47. The van der Waals surface area contributed by atoms with E-state index in [1.807, 2.05) is 0 Å². The Morgan fingerprint density at radius 3 is 2.73 bits per heavy atom. The average molecular weight is 245 g/mol. The summed E-state index contributed by atoms with van der Waals surface area (Å²) in [6.07, 6.45) is 3.88. The number of benzene rings is 1. The summed E-state index contributed by atoms with van der Waals surface area (Å²) in [5.41, 5.74) is 0.840. The van der Waals surface area contributed by atoms with Gasteiger partial charge in [0.1, 0.15) is 6.29 Å². The van der Waals surface area contributed by atoms with Crippen molar-refractivity contribution in [3.05, 3.63) is 33.8 Å². The molecule has 1 aromatic carbocycles. The largest absolute Gasteiger partial charge is 0.303 e. The van der Waals surface area contributed by atoms with Crippen LogP contribution in [0.5, 0.6) is 0 Å². The first-order chi connectivity index (χ1) is 7.19. The minimum Gasteiger partial charge on any atom is -0.303 e. The molecule has 82 valence electrons. The van der Waals surface area contributed by atoms with Gasteiger partial charge in [0.2, 0.25) is 0 Å². The third-order valence-electron chi connectivity index (χ3n) is 2.39. The highest BCUT2D eigenvalue weighted by molar-refractivity contribution is 6.33. The van der Waals surface area contributed by atoms with Crippen molar-refractivity contribution in [3.8, 4) is 0 Å². The first-order valence-electron chi connectivity index (χ1n) is 5.09. The maximum atomic E-state index is 11.0. The van der Waals surface area contributed by atoms with Crippen molar-refractivity contribution in [2.75, 3.05) is 0 Å². The van der Waals surface area contributed by atoms with E-state index in [9.17, 15) is 4.79 Å². The van der Waals surface area contributed by atoms with Crippen LogP contribution in [0.1, 0.15) is 37.7 Å². The van der Waals surface area contributed by atoms with E-state index >= 15 is 0 Å². The van der Waals surface area contributed by atoms with E-state index in [0.717, 1.165) is 31.1 Å². The van der Waals surface area contributed by atoms with Gasteiger partial charge in [0.25, 0.3) is 0 Å². The Bertz CT molecular complexity index is 336. The van der Waals surface area contributed by atoms with Crippen LogP contribution in [0.2, 0.25) is 10.0 Å². The molecule has 0 aliphatic heterocycles. The van der Waals surface area contributed by atoms with Crippen molar-refractivity contribution < 1.29 is 4.79 Å². The summed E-state index contributed by atoms with van der Waals surface area (Å²) in [4.78, 5) is 11.0. The number of hydrogen-bond donors (Lipinski definition) is 0. The van der Waals surface area contributed by atoms with Gasteiger partial charge in [-0.25, -0.2) is 0 Å². The van der Waals surface area contributed by atoms with Gasteiger partial charge >= 0.3 is 0 Å². The molecule has 1 rings (SSSR count). The van der Waals surface area contributed by atoms with Crippen molar-refractivity contribution in [2.45, 2.75) is 32.1 Å². The fraction of sp³-hybridized carbons (Fsp3) is 0.417. The standard InChI is InChI=1S/C12H14Cl2O/c1-2-3-4-9(8-15)11-7-10(13)5-6-12(11)14/h5-9H,2-4H2,1H3. The summed E-state index contributed by atoms with van der Waals surface area (Å²) < 4.78 is 0. The zero-order valence-electron chi connectivity index (χ0n) is 8.67. The fourth-order valence-corrected chi connectivity index (χ4v) is 1.96. The van der Waals surface area contributed by atoms with E-state index in [2.05, 4.69) is 6.92 Å². The van der Waals surface area contributed by atoms with Gasteiger partial charge in [0.05, 0.1) is 0 Å². The monoisotopic (exact) mass is 244 g/mol. The summed E-state index contributed by atoms with van der Waals surface area (Å²) in [5.74, 6) is -0.129. The molecule has 0 saturated carbocycles. The molecule has 1 atom stereocenters. The van der Waals surface area contributed by atoms with Gasteiger partial charge in [-0.2, -0.15) is 0 Å². The number of halogens is 2. The van der Waals surface area contributed by atoms with E-state index in [-0.39, 0.29) is 5.92 Å². The van der Waals surface area contributed by atoms with Crippen molar-refractivity contribution in [1.82, 2.24) is 0 Å². The molecule has 0 aromatic heterocycles. The number of carbonyl (C=O) groups is 1. The van der Waals surface area contributed by atoms with Crippen LogP contribution in [0.4, 0.5) is 0 Å². The van der Waals surface area contributed by atoms with Crippen molar-refractivity contribution in [3.63, 3.8) is 0 Å². The molecule has 1 nitrogen and oxygen atoms in total. The molecule has 0 aliphatic carbocycles. The molecule has 0 bridgehead atoms. The fourth-order valence-electron chi connectivity index (χ4n) is 1.52. The van der Waals surface area contributed by atoms with E-state index in [0.29, 0.717) is 10.0 Å². The lowest BCUT2D eigenvalue weighted by Gasteiger charge is -2.12. The van der Waals surface area contributed by atoms with Crippen molar-refractivity contribution in [1.29, 1.82) is 0 Å². The number of carbonyl (C=O) groups excluding carboxylic acids is 1. The highest BCUT2D eigenvalue weighted by Gasteiger charge is 2.13. The van der Waals surface area contributed by atoms with E-state index in [4.69, 9.17) is 23.2 Å². The first-order valence-corrected chi connectivity index (χ1v) is 5.84. The molecule has 0 spiro atoms. The third-order valence-corrected chi connectivity index (χ3v) is 2.97. The number of hydrogen-bond acceptors (Lipinski definition) is 1. The predicted molar refractivity (Wildman–Crippen MR) is 64.8 cm³/mol. The summed E-state index contributed by atoms with van der Waals surface area (Å²) in [7, 11) is 0. The molecule has 0 radical (unpaired) electrons. The number of aldehydes is 1. The maximum Gasteiger partial charge on any atom is 0.127 e. The lowest BCUT2D eigenvalue weighted by atomic mass is 9.95. The van der Waals surface area contributed by atoms with Crippen LogP contribution in [0.3, 0.4) is 0 Å². The molecular formula is C12H14Cl2O. The van der Waals surface area contributed by atoms with Gasteiger partial charge in [-0.05, 0) is 30.2 Å². The van der Waals surface area contributed by atoms with Crippen LogP contribution >= 0.6 is 23.2 Å². The number of unbranched alkanes of at least 4 members (excludes halogenated alkanes) is 1. The minimum atomic E-state index is -0.129. The molecule has 3 heteroatoms. The van der Waals surface area contributed by atoms with E-state index in [1.165, 1.54) is 0 Å². The van der Waals surface area contributed by atoms with E-state index in [1.54, 1.807) is 18.2 Å². The van der Waals surface area contributed by atoms with Crippen molar-refractivity contribution in [2.24, 2.45) is 0 Å². The normalized spacial score (nSPS) is 12.5. The quantitative estimate of drug-likeness (QED) is 0.699. The molecule has 0 saturated heterocycles. The second-order valence-electron chi connectivity index (χ2n) is 3.55. The second kappa shape index (κ2) is 6.14. The summed E-state index contributed by atoms with van der Waals surface area (Å²) in [6.45, 7) is 2.10. The Kier molecular flexibility index (Phi) is 5.13. The van der Waals surface area contributed by atoms with Gasteiger partial charge in [-0.1, -0.05) is 43.0 Å². The SMILES string of the molecule is CCCCC(C=O)c1cc(Cl)ccc1Cl. The third kappa shape index (κ3) is 3.51. The molecule has 1 unspecified atom stereocenters. The molecule has 0 aliphatic rings. The Balaban J connectivity index is 2.90. The lowest BCUT2D eigenvalue weighted by molar-refractivity contribution is -0.109. The maximum absolute atomic E-state index is 11.0. The molecule has 0 fully saturated rings. The highest BCUT2D eigenvalue weighted by Crippen LogP contribution is 2.29. The number of rotatable bonds is 5. The Morgan fingerprint density at radius 1 is 1.40 bits per heavy atom. The Morgan fingerprint density at radius 2 is 2.13 bits per heavy atom.